The zero-order chi connectivity index (χ0) is 15.8. The van der Waals surface area contributed by atoms with Crippen LogP contribution in [0.15, 0.2) is 18.2 Å². The van der Waals surface area contributed by atoms with Gasteiger partial charge in [-0.05, 0) is 43.9 Å². The summed E-state index contributed by atoms with van der Waals surface area (Å²) in [6.45, 7) is 6.49. The second-order valence-corrected chi connectivity index (χ2v) is 5.52. The average Bonchev–Trinajstić information content (AvgIpc) is 2.43. The quantitative estimate of drug-likeness (QED) is 0.561. The number of ether oxygens (including phenoxy) is 2. The molecule has 0 aliphatic heterocycles. The second kappa shape index (κ2) is 8.67. The first kappa shape index (κ1) is 17.5. The Morgan fingerprint density at radius 1 is 1.14 bits per heavy atom. The van der Waals surface area contributed by atoms with Crippen molar-refractivity contribution in [3.8, 4) is 0 Å². The summed E-state index contributed by atoms with van der Waals surface area (Å²) in [5.41, 5.74) is 0.320. The van der Waals surface area contributed by atoms with Crippen LogP contribution in [0.5, 0.6) is 0 Å². The van der Waals surface area contributed by atoms with E-state index in [1.54, 1.807) is 13.0 Å². The van der Waals surface area contributed by atoms with Gasteiger partial charge < -0.3 is 9.47 Å². The molecule has 0 aromatic heterocycles. The van der Waals surface area contributed by atoms with Crippen LogP contribution in [0.4, 0.5) is 0 Å². The van der Waals surface area contributed by atoms with E-state index >= 15 is 0 Å². The summed E-state index contributed by atoms with van der Waals surface area (Å²) in [6, 6.07) is 4.45. The lowest BCUT2D eigenvalue weighted by molar-refractivity contribution is 0.0461. The zero-order valence-corrected chi connectivity index (χ0v) is 13.4. The van der Waals surface area contributed by atoms with Crippen molar-refractivity contribution >= 4 is 23.5 Å². The third-order valence-corrected chi connectivity index (χ3v) is 3.09. The van der Waals surface area contributed by atoms with Crippen LogP contribution >= 0.6 is 11.6 Å². The minimum absolute atomic E-state index is 0.144. The fourth-order valence-electron chi connectivity index (χ4n) is 1.81. The molecule has 0 spiro atoms. The van der Waals surface area contributed by atoms with Gasteiger partial charge in [-0.1, -0.05) is 25.4 Å². The monoisotopic (exact) mass is 312 g/mol. The highest BCUT2D eigenvalue weighted by Crippen LogP contribution is 2.18. The van der Waals surface area contributed by atoms with Crippen LogP contribution in [-0.4, -0.2) is 25.2 Å². The predicted octanol–water partition coefficient (Wildman–Crippen LogP) is 4.11. The highest BCUT2D eigenvalue weighted by Gasteiger charge is 2.19. The summed E-state index contributed by atoms with van der Waals surface area (Å²) in [5.74, 6) is -0.544. The molecule has 116 valence electrons. The van der Waals surface area contributed by atoms with E-state index < -0.39 is 11.9 Å². The molecule has 0 saturated carbocycles. The molecule has 0 unspecified atom stereocenters. The Bertz CT molecular complexity index is 497. The molecule has 0 saturated heterocycles. The molecular weight excluding hydrogens is 292 g/mol. The number of rotatable bonds is 7. The van der Waals surface area contributed by atoms with Crippen molar-refractivity contribution in [2.45, 2.75) is 33.6 Å². The Balaban J connectivity index is 2.77. The van der Waals surface area contributed by atoms with Gasteiger partial charge in [0.15, 0.2) is 0 Å². The number of carbonyl (C=O) groups is 2. The molecule has 0 heterocycles. The van der Waals surface area contributed by atoms with E-state index in [0.29, 0.717) is 17.5 Å². The first-order chi connectivity index (χ1) is 9.95. The van der Waals surface area contributed by atoms with Gasteiger partial charge in [0.25, 0.3) is 0 Å². The summed E-state index contributed by atoms with van der Waals surface area (Å²) >= 11 is 5.89. The van der Waals surface area contributed by atoms with E-state index in [1.165, 1.54) is 12.1 Å². The van der Waals surface area contributed by atoms with Crippen LogP contribution < -0.4 is 0 Å². The Morgan fingerprint density at radius 3 is 2.43 bits per heavy atom. The van der Waals surface area contributed by atoms with Gasteiger partial charge in [0.2, 0.25) is 0 Å². The first-order valence-corrected chi connectivity index (χ1v) is 7.47. The molecule has 1 aromatic rings. The van der Waals surface area contributed by atoms with Crippen molar-refractivity contribution in [3.63, 3.8) is 0 Å². The summed E-state index contributed by atoms with van der Waals surface area (Å²) in [6.07, 6.45) is 1.77. The summed E-state index contributed by atoms with van der Waals surface area (Å²) < 4.78 is 10.1. The van der Waals surface area contributed by atoms with Gasteiger partial charge in [0.1, 0.15) is 0 Å². The van der Waals surface area contributed by atoms with Crippen LogP contribution in [0.1, 0.15) is 54.3 Å². The molecule has 0 radical (unpaired) electrons. The lowest BCUT2D eigenvalue weighted by atomic mass is 10.1. The van der Waals surface area contributed by atoms with E-state index in [-0.39, 0.29) is 17.7 Å². The fraction of sp³-hybridized carbons (Fsp3) is 0.500. The van der Waals surface area contributed by atoms with Gasteiger partial charge in [0, 0.05) is 5.02 Å². The van der Waals surface area contributed by atoms with E-state index in [0.717, 1.165) is 12.8 Å². The number of carbonyl (C=O) groups excluding carboxylic acids is 2. The van der Waals surface area contributed by atoms with Gasteiger partial charge >= 0.3 is 11.9 Å². The van der Waals surface area contributed by atoms with Gasteiger partial charge in [-0.3, -0.25) is 0 Å². The van der Waals surface area contributed by atoms with E-state index in [1.807, 2.05) is 0 Å². The molecule has 0 aliphatic carbocycles. The molecule has 0 aliphatic rings. The van der Waals surface area contributed by atoms with Crippen LogP contribution in [0, 0.1) is 5.92 Å². The van der Waals surface area contributed by atoms with Crippen molar-refractivity contribution in [1.29, 1.82) is 0 Å². The Hall–Kier alpha value is -1.55. The van der Waals surface area contributed by atoms with Crippen LogP contribution in [0.25, 0.3) is 0 Å². The minimum atomic E-state index is -0.553. The number of hydrogen-bond donors (Lipinski definition) is 0. The van der Waals surface area contributed by atoms with Crippen LogP contribution in [-0.2, 0) is 9.47 Å². The molecule has 0 N–H and O–H groups in total. The number of benzene rings is 1. The molecule has 1 rings (SSSR count). The first-order valence-electron chi connectivity index (χ1n) is 7.09. The van der Waals surface area contributed by atoms with E-state index in [9.17, 15) is 9.59 Å². The van der Waals surface area contributed by atoms with E-state index in [2.05, 4.69) is 13.8 Å². The molecule has 0 atom stereocenters. The lowest BCUT2D eigenvalue weighted by Gasteiger charge is -2.10. The van der Waals surface area contributed by atoms with Gasteiger partial charge in [-0.2, -0.15) is 0 Å². The number of halogens is 1. The van der Waals surface area contributed by atoms with Gasteiger partial charge in [0.05, 0.1) is 24.3 Å². The molecular formula is C16H21ClO4. The third kappa shape index (κ3) is 5.76. The van der Waals surface area contributed by atoms with Gasteiger partial charge in [-0.25, -0.2) is 9.59 Å². The molecule has 1 aromatic carbocycles. The summed E-state index contributed by atoms with van der Waals surface area (Å²) in [5, 5.41) is 0.372. The van der Waals surface area contributed by atoms with Gasteiger partial charge in [-0.15, -0.1) is 0 Å². The molecule has 5 heteroatoms. The van der Waals surface area contributed by atoms with Crippen molar-refractivity contribution in [3.05, 3.63) is 34.3 Å². The maximum Gasteiger partial charge on any atom is 0.339 e. The van der Waals surface area contributed by atoms with E-state index in [4.69, 9.17) is 21.1 Å². The fourth-order valence-corrected chi connectivity index (χ4v) is 1.98. The summed E-state index contributed by atoms with van der Waals surface area (Å²) in [7, 11) is 0. The Morgan fingerprint density at radius 2 is 1.81 bits per heavy atom. The topological polar surface area (TPSA) is 52.6 Å². The Labute approximate surface area is 130 Å². The number of esters is 2. The lowest BCUT2D eigenvalue weighted by Crippen LogP contribution is -2.14. The smallest absolute Gasteiger partial charge is 0.339 e. The van der Waals surface area contributed by atoms with Crippen molar-refractivity contribution in [2.24, 2.45) is 5.92 Å². The second-order valence-electron chi connectivity index (χ2n) is 5.08. The highest BCUT2D eigenvalue weighted by molar-refractivity contribution is 6.31. The normalized spacial score (nSPS) is 10.5. The zero-order valence-electron chi connectivity index (χ0n) is 12.6. The number of hydrogen-bond acceptors (Lipinski definition) is 4. The maximum atomic E-state index is 12.1. The van der Waals surface area contributed by atoms with Crippen molar-refractivity contribution in [1.82, 2.24) is 0 Å². The molecule has 0 fully saturated rings. The average molecular weight is 313 g/mol. The Kier molecular flexibility index (Phi) is 7.23. The largest absolute Gasteiger partial charge is 0.462 e. The minimum Gasteiger partial charge on any atom is -0.462 e. The van der Waals surface area contributed by atoms with Crippen LogP contribution in [0.3, 0.4) is 0 Å². The van der Waals surface area contributed by atoms with Crippen molar-refractivity contribution < 1.29 is 19.1 Å². The standard InChI is InChI=1S/C16H21ClO4/c1-4-20-15(18)13-8-7-12(17)10-14(13)16(19)21-9-5-6-11(2)3/h7-8,10-11H,4-6,9H2,1-3H3. The predicted molar refractivity (Wildman–Crippen MR) is 81.8 cm³/mol. The molecule has 0 bridgehead atoms. The molecule has 0 amide bonds. The SMILES string of the molecule is CCOC(=O)c1ccc(Cl)cc1C(=O)OCCCC(C)C. The summed E-state index contributed by atoms with van der Waals surface area (Å²) in [4.78, 5) is 23.9. The van der Waals surface area contributed by atoms with Crippen molar-refractivity contribution in [2.75, 3.05) is 13.2 Å². The maximum absolute atomic E-state index is 12.1. The highest BCUT2D eigenvalue weighted by atomic mass is 35.5. The van der Waals surface area contributed by atoms with Crippen LogP contribution in [0.2, 0.25) is 5.02 Å². The molecule has 4 nitrogen and oxygen atoms in total. The third-order valence-electron chi connectivity index (χ3n) is 2.86. The molecule has 21 heavy (non-hydrogen) atoms.